The predicted octanol–water partition coefficient (Wildman–Crippen LogP) is 3.95. The maximum atomic E-state index is 13.1. The molecule has 1 aliphatic rings. The molecule has 36 heavy (non-hydrogen) atoms. The molecule has 1 amide bonds. The average molecular weight is 496 g/mol. The molecule has 0 spiro atoms. The Bertz CT molecular complexity index is 1050. The van der Waals surface area contributed by atoms with Crippen LogP contribution in [0.15, 0.2) is 61.2 Å². The van der Waals surface area contributed by atoms with E-state index in [-0.39, 0.29) is 12.5 Å². The third-order valence-corrected chi connectivity index (χ3v) is 6.59. The molecular weight excluding hydrogens is 454 g/mol. The number of alkyl carbamates (subject to hydrolysis) is 1. The van der Waals surface area contributed by atoms with Crippen molar-refractivity contribution in [2.75, 3.05) is 62.0 Å². The molecule has 2 aromatic rings. The van der Waals surface area contributed by atoms with E-state index < -0.39 is 23.5 Å². The zero-order valence-corrected chi connectivity index (χ0v) is 22.5. The number of hydrogen-bond donors (Lipinski definition) is 2. The minimum absolute atomic E-state index is 0.0955. The van der Waals surface area contributed by atoms with Crippen LogP contribution in [0.25, 0.3) is 11.1 Å². The van der Waals surface area contributed by atoms with E-state index in [0.29, 0.717) is 28.5 Å². The van der Waals surface area contributed by atoms with Gasteiger partial charge in [-0.25, -0.2) is 9.59 Å². The molecule has 0 fully saturated rings. The Labute approximate surface area is 215 Å². The van der Waals surface area contributed by atoms with Crippen LogP contribution in [0.5, 0.6) is 0 Å². The van der Waals surface area contributed by atoms with Gasteiger partial charge in [-0.15, -0.1) is 6.58 Å². The Kier molecular flexibility index (Phi) is 7.96. The number of carbonyl (C=O) groups excluding carboxylic acids is 1. The predicted molar refractivity (Wildman–Crippen MR) is 143 cm³/mol. The molecule has 0 unspecified atom stereocenters. The van der Waals surface area contributed by atoms with Gasteiger partial charge in [-0.3, -0.25) is 0 Å². The molecule has 1 aliphatic carbocycles. The Hall–Kier alpha value is -3.16. The highest BCUT2D eigenvalue weighted by Crippen LogP contribution is 2.44. The molecule has 0 aromatic heterocycles. The molecule has 3 rings (SSSR count). The van der Waals surface area contributed by atoms with Crippen molar-refractivity contribution in [3.63, 3.8) is 0 Å². The maximum absolute atomic E-state index is 13.1. The van der Waals surface area contributed by atoms with E-state index in [0.717, 1.165) is 22.3 Å². The molecule has 194 valence electrons. The third-order valence-electron chi connectivity index (χ3n) is 6.59. The van der Waals surface area contributed by atoms with Crippen LogP contribution in [0.3, 0.4) is 0 Å². The summed E-state index contributed by atoms with van der Waals surface area (Å²) in [7, 11) is 12.2. The summed E-state index contributed by atoms with van der Waals surface area (Å²) in [6.07, 6.45) is 1.47. The van der Waals surface area contributed by atoms with E-state index in [1.165, 1.54) is 0 Å². The summed E-state index contributed by atoms with van der Waals surface area (Å²) < 4.78 is 6.80. The second kappa shape index (κ2) is 10.4. The van der Waals surface area contributed by atoms with Gasteiger partial charge in [0.1, 0.15) is 18.1 Å². The van der Waals surface area contributed by atoms with E-state index in [4.69, 9.17) is 4.74 Å². The minimum Gasteiger partial charge on any atom is -0.480 e. The topological polar surface area (TPSA) is 75.6 Å². The molecule has 2 aromatic carbocycles. The summed E-state index contributed by atoms with van der Waals surface area (Å²) in [6.45, 7) is 5.11. The number of aliphatic carboxylic acids is 1. The van der Waals surface area contributed by atoms with Gasteiger partial charge in [0.25, 0.3) is 0 Å². The minimum atomic E-state index is -1.14. The van der Waals surface area contributed by atoms with Crippen LogP contribution < -0.4 is 5.32 Å². The fraction of sp³-hybridized carbons (Fsp3) is 0.448. The van der Waals surface area contributed by atoms with Gasteiger partial charge in [0, 0.05) is 5.92 Å². The molecule has 7 nitrogen and oxygen atoms in total. The molecule has 0 aliphatic heterocycles. The molecule has 0 saturated carbocycles. The van der Waals surface area contributed by atoms with Crippen molar-refractivity contribution in [2.45, 2.75) is 18.4 Å². The fourth-order valence-corrected chi connectivity index (χ4v) is 5.89. The van der Waals surface area contributed by atoms with Crippen LogP contribution in [0.2, 0.25) is 0 Å². The van der Waals surface area contributed by atoms with Crippen LogP contribution in [0, 0.1) is 5.41 Å². The number of allylic oxidation sites excluding steroid dienone is 1. The van der Waals surface area contributed by atoms with E-state index in [9.17, 15) is 14.7 Å². The van der Waals surface area contributed by atoms with Crippen LogP contribution in [0.1, 0.15) is 23.5 Å². The number of amides is 1. The summed E-state index contributed by atoms with van der Waals surface area (Å²) in [5.74, 6) is -1.17. The van der Waals surface area contributed by atoms with Crippen molar-refractivity contribution in [1.29, 1.82) is 0 Å². The fourth-order valence-electron chi connectivity index (χ4n) is 5.89. The summed E-state index contributed by atoms with van der Waals surface area (Å²) in [6, 6.07) is 15.1. The number of benzene rings is 2. The lowest BCUT2D eigenvalue weighted by Crippen LogP contribution is -2.64. The van der Waals surface area contributed by atoms with Crippen molar-refractivity contribution < 1.29 is 28.4 Å². The van der Waals surface area contributed by atoms with Crippen molar-refractivity contribution in [3.8, 4) is 11.1 Å². The number of nitrogens with one attached hydrogen (secondary N) is 1. The van der Waals surface area contributed by atoms with Gasteiger partial charge in [-0.1, -0.05) is 54.6 Å². The van der Waals surface area contributed by atoms with Gasteiger partial charge in [-0.05, 0) is 28.7 Å². The molecule has 0 saturated heterocycles. The lowest BCUT2D eigenvalue weighted by molar-refractivity contribution is -0.902. The normalized spacial score (nSPS) is 14.5. The SMILES string of the molecule is C=CCC(C[N+](C)(C)C)(C[N+](C)(C)C)[C@@H](NC(=O)OCC1c2ccccc2-c2ccccc21)C(=O)O. The van der Waals surface area contributed by atoms with Crippen LogP contribution in [-0.2, 0) is 9.53 Å². The number of carboxylic acid groups (broad SMARTS) is 1. The molecule has 1 atom stereocenters. The van der Waals surface area contributed by atoms with Gasteiger partial charge < -0.3 is 24.1 Å². The highest BCUT2D eigenvalue weighted by molar-refractivity contribution is 5.81. The Morgan fingerprint density at radius 2 is 1.44 bits per heavy atom. The van der Waals surface area contributed by atoms with Crippen molar-refractivity contribution in [2.24, 2.45) is 5.41 Å². The summed E-state index contributed by atoms with van der Waals surface area (Å²) in [4.78, 5) is 25.7. The standard InChI is InChI=1S/C29H39N3O4/c1-8-17-29(19-31(2,3)4,20-32(5,6)7)26(27(33)34)30-28(35)36-18-25-23-15-11-9-13-21(23)22-14-10-12-16-24(22)25/h8-16,25-26H,1,17-20H2,2-7H3/p+2/t26-/m0/s1. The Morgan fingerprint density at radius 3 is 1.86 bits per heavy atom. The van der Waals surface area contributed by atoms with Crippen LogP contribution >= 0.6 is 0 Å². The molecule has 7 heteroatoms. The number of ether oxygens (including phenoxy) is 1. The number of nitrogens with zero attached hydrogens (tertiary/aromatic N) is 2. The first-order valence-electron chi connectivity index (χ1n) is 12.3. The van der Waals surface area contributed by atoms with Crippen molar-refractivity contribution >= 4 is 12.1 Å². The van der Waals surface area contributed by atoms with Gasteiger partial charge in [-0.2, -0.15) is 0 Å². The number of carbonyl (C=O) groups is 2. The average Bonchev–Trinajstić information content (AvgIpc) is 3.07. The first-order valence-corrected chi connectivity index (χ1v) is 12.3. The molecule has 2 N–H and O–H groups in total. The van der Waals surface area contributed by atoms with E-state index >= 15 is 0 Å². The van der Waals surface area contributed by atoms with Gasteiger partial charge in [0.05, 0.1) is 55.4 Å². The number of quaternary nitrogens is 2. The lowest BCUT2D eigenvalue weighted by Gasteiger charge is -2.45. The van der Waals surface area contributed by atoms with Crippen LogP contribution in [-0.4, -0.2) is 94.2 Å². The van der Waals surface area contributed by atoms with E-state index in [1.807, 2.05) is 66.6 Å². The molecule has 0 bridgehead atoms. The van der Waals surface area contributed by atoms with Crippen LogP contribution in [0.4, 0.5) is 4.79 Å². The van der Waals surface area contributed by atoms with Gasteiger partial charge in [0.15, 0.2) is 0 Å². The Balaban J connectivity index is 1.85. The zero-order valence-electron chi connectivity index (χ0n) is 22.5. The molecule has 0 heterocycles. The van der Waals surface area contributed by atoms with Gasteiger partial charge in [0.2, 0.25) is 0 Å². The number of hydrogen-bond acceptors (Lipinski definition) is 3. The third kappa shape index (κ3) is 6.33. The van der Waals surface area contributed by atoms with E-state index in [2.05, 4.69) is 36.2 Å². The van der Waals surface area contributed by atoms with E-state index in [1.54, 1.807) is 6.08 Å². The largest absolute Gasteiger partial charge is 0.480 e. The molecular formula is C29H41N3O4+2. The van der Waals surface area contributed by atoms with Gasteiger partial charge >= 0.3 is 12.1 Å². The number of fused-ring (bicyclic) bond motifs is 3. The first kappa shape index (κ1) is 27.4. The lowest BCUT2D eigenvalue weighted by atomic mass is 9.75. The molecule has 0 radical (unpaired) electrons. The second-order valence-electron chi connectivity index (χ2n) is 12.0. The van der Waals surface area contributed by atoms with Crippen molar-refractivity contribution in [3.05, 3.63) is 72.3 Å². The van der Waals surface area contributed by atoms with Crippen molar-refractivity contribution in [1.82, 2.24) is 5.32 Å². The number of carboxylic acids is 1. The Morgan fingerprint density at radius 1 is 0.972 bits per heavy atom. The zero-order chi connectivity index (χ0) is 26.7. The highest BCUT2D eigenvalue weighted by Gasteiger charge is 2.51. The summed E-state index contributed by atoms with van der Waals surface area (Å²) >= 11 is 0. The smallest absolute Gasteiger partial charge is 0.407 e. The number of rotatable bonds is 11. The summed E-state index contributed by atoms with van der Waals surface area (Å²) in [5, 5.41) is 13.0. The second-order valence-corrected chi connectivity index (χ2v) is 12.0. The summed E-state index contributed by atoms with van der Waals surface area (Å²) in [5.41, 5.74) is 3.73. The highest BCUT2D eigenvalue weighted by atomic mass is 16.5. The monoisotopic (exact) mass is 495 g/mol. The quantitative estimate of drug-likeness (QED) is 0.366. The first-order chi connectivity index (χ1) is 16.8. The maximum Gasteiger partial charge on any atom is 0.407 e.